The van der Waals surface area contributed by atoms with E-state index in [4.69, 9.17) is 0 Å². The van der Waals surface area contributed by atoms with Crippen molar-refractivity contribution in [2.75, 3.05) is 18.4 Å². The van der Waals surface area contributed by atoms with Crippen LogP contribution in [0.25, 0.3) is 10.9 Å². The summed E-state index contributed by atoms with van der Waals surface area (Å²) in [5.74, 6) is 0. The fraction of sp³-hybridized carbons (Fsp3) is 0.462. The quantitative estimate of drug-likeness (QED) is 0.812. The number of nitrogens with zero attached hydrogens (tertiary/aromatic N) is 1. The Morgan fingerprint density at radius 3 is 2.90 bits per heavy atom. The topological polar surface area (TPSA) is 52.7 Å². The summed E-state index contributed by atoms with van der Waals surface area (Å²) >= 11 is 0. The molecule has 2 heterocycles. The number of aromatic nitrogens is 2. The second-order valence-corrected chi connectivity index (χ2v) is 5.03. The van der Waals surface area contributed by atoms with E-state index >= 15 is 0 Å². The molecule has 3 rings (SSSR count). The number of fused-ring (bicyclic) bond motifs is 1. The lowest BCUT2D eigenvalue weighted by Gasteiger charge is -2.15. The fourth-order valence-electron chi connectivity index (χ4n) is 2.53. The zero-order chi connectivity index (χ0) is 14.2. The van der Waals surface area contributed by atoms with Gasteiger partial charge in [-0.2, -0.15) is 18.3 Å². The number of benzene rings is 1. The van der Waals surface area contributed by atoms with Crippen molar-refractivity contribution in [3.05, 3.63) is 23.9 Å². The van der Waals surface area contributed by atoms with Crippen molar-refractivity contribution >= 4 is 16.6 Å². The van der Waals surface area contributed by atoms with Crippen LogP contribution in [0.2, 0.25) is 0 Å². The van der Waals surface area contributed by atoms with E-state index in [0.29, 0.717) is 29.2 Å². The van der Waals surface area contributed by atoms with Gasteiger partial charge < -0.3 is 10.6 Å². The van der Waals surface area contributed by atoms with Crippen molar-refractivity contribution < 1.29 is 13.2 Å². The molecule has 1 saturated heterocycles. The summed E-state index contributed by atoms with van der Waals surface area (Å²) in [6.07, 6.45) is -0.669. The second kappa shape index (κ2) is 4.97. The molecule has 0 aliphatic carbocycles. The molecule has 0 amide bonds. The molecule has 1 aromatic carbocycles. The molecule has 0 spiro atoms. The Bertz CT molecular complexity index is 599. The van der Waals surface area contributed by atoms with Crippen LogP contribution >= 0.6 is 0 Å². The number of rotatable bonds is 3. The molecule has 1 atom stereocenters. The van der Waals surface area contributed by atoms with Crippen LogP contribution in [0.4, 0.5) is 18.9 Å². The number of aromatic amines is 1. The SMILES string of the molecule is FC(F)(F)c1cc(NCC2CCCN2)c2cn[nH]c2c1. The average Bonchev–Trinajstić information content (AvgIpc) is 3.05. The normalized spacial score (nSPS) is 19.6. The van der Waals surface area contributed by atoms with Crippen molar-refractivity contribution in [3.8, 4) is 0 Å². The molecule has 0 saturated carbocycles. The molecule has 20 heavy (non-hydrogen) atoms. The molecule has 1 fully saturated rings. The number of H-pyrrole nitrogens is 1. The van der Waals surface area contributed by atoms with Crippen molar-refractivity contribution in [3.63, 3.8) is 0 Å². The van der Waals surface area contributed by atoms with E-state index in [-0.39, 0.29) is 0 Å². The fourth-order valence-corrected chi connectivity index (χ4v) is 2.53. The first-order chi connectivity index (χ1) is 9.54. The molecule has 0 bridgehead atoms. The average molecular weight is 284 g/mol. The second-order valence-electron chi connectivity index (χ2n) is 5.03. The zero-order valence-corrected chi connectivity index (χ0v) is 10.7. The Hall–Kier alpha value is -1.76. The molecule has 7 heteroatoms. The van der Waals surface area contributed by atoms with Gasteiger partial charge in [0.05, 0.1) is 17.3 Å². The lowest BCUT2D eigenvalue weighted by molar-refractivity contribution is -0.137. The summed E-state index contributed by atoms with van der Waals surface area (Å²) in [7, 11) is 0. The summed E-state index contributed by atoms with van der Waals surface area (Å²) in [5, 5.41) is 13.5. The van der Waals surface area contributed by atoms with Gasteiger partial charge in [-0.15, -0.1) is 0 Å². The highest BCUT2D eigenvalue weighted by Gasteiger charge is 2.31. The lowest BCUT2D eigenvalue weighted by atomic mass is 10.1. The molecule has 1 aliphatic heterocycles. The lowest BCUT2D eigenvalue weighted by Crippen LogP contribution is -2.29. The van der Waals surface area contributed by atoms with Gasteiger partial charge >= 0.3 is 6.18 Å². The van der Waals surface area contributed by atoms with Crippen molar-refractivity contribution in [1.29, 1.82) is 0 Å². The molecule has 108 valence electrons. The van der Waals surface area contributed by atoms with Gasteiger partial charge in [0.1, 0.15) is 0 Å². The van der Waals surface area contributed by atoms with Gasteiger partial charge in [-0.3, -0.25) is 5.10 Å². The maximum atomic E-state index is 12.9. The van der Waals surface area contributed by atoms with Crippen LogP contribution in [0.5, 0.6) is 0 Å². The monoisotopic (exact) mass is 284 g/mol. The number of alkyl halides is 3. The highest BCUT2D eigenvalue weighted by Crippen LogP contribution is 2.34. The summed E-state index contributed by atoms with van der Waals surface area (Å²) in [6, 6.07) is 2.54. The Labute approximate surface area is 113 Å². The third-order valence-corrected chi connectivity index (χ3v) is 3.59. The Balaban J connectivity index is 1.89. The van der Waals surface area contributed by atoms with Crippen molar-refractivity contribution in [1.82, 2.24) is 15.5 Å². The van der Waals surface area contributed by atoms with Crippen LogP contribution in [0.3, 0.4) is 0 Å². The van der Waals surface area contributed by atoms with E-state index in [9.17, 15) is 13.2 Å². The highest BCUT2D eigenvalue weighted by atomic mass is 19.4. The molecule has 1 aromatic heterocycles. The van der Waals surface area contributed by atoms with Gasteiger partial charge in [0, 0.05) is 23.7 Å². The zero-order valence-electron chi connectivity index (χ0n) is 10.7. The first-order valence-corrected chi connectivity index (χ1v) is 6.55. The van der Waals surface area contributed by atoms with Gasteiger partial charge in [0.15, 0.2) is 0 Å². The predicted octanol–water partition coefficient (Wildman–Crippen LogP) is 2.75. The van der Waals surface area contributed by atoms with Gasteiger partial charge in [-0.05, 0) is 31.5 Å². The Morgan fingerprint density at radius 2 is 2.20 bits per heavy atom. The van der Waals surface area contributed by atoms with E-state index < -0.39 is 11.7 Å². The van der Waals surface area contributed by atoms with Crippen LogP contribution in [-0.2, 0) is 6.18 Å². The molecular weight excluding hydrogens is 269 g/mol. The Kier molecular flexibility index (Phi) is 3.29. The van der Waals surface area contributed by atoms with Crippen molar-refractivity contribution in [2.45, 2.75) is 25.1 Å². The van der Waals surface area contributed by atoms with E-state index in [1.807, 2.05) is 0 Å². The maximum Gasteiger partial charge on any atom is 0.416 e. The molecule has 3 N–H and O–H groups in total. The highest BCUT2D eigenvalue weighted by molar-refractivity contribution is 5.91. The molecule has 1 unspecified atom stereocenters. The largest absolute Gasteiger partial charge is 0.416 e. The smallest absolute Gasteiger partial charge is 0.383 e. The van der Waals surface area contributed by atoms with E-state index in [1.165, 1.54) is 0 Å². The predicted molar refractivity (Wildman–Crippen MR) is 70.6 cm³/mol. The summed E-state index contributed by atoms with van der Waals surface area (Å²) < 4.78 is 38.6. The third-order valence-electron chi connectivity index (χ3n) is 3.59. The summed E-state index contributed by atoms with van der Waals surface area (Å²) in [4.78, 5) is 0. The molecule has 2 aromatic rings. The van der Waals surface area contributed by atoms with Crippen LogP contribution < -0.4 is 10.6 Å². The van der Waals surface area contributed by atoms with Crippen LogP contribution in [0, 0.1) is 0 Å². The standard InChI is InChI=1S/C13H15F3N4/c14-13(15,16)8-4-11(10-7-19-20-12(10)5-8)18-6-9-2-1-3-17-9/h4-5,7,9,17-18H,1-3,6H2,(H,19,20). The number of halogens is 3. The molecule has 4 nitrogen and oxygen atoms in total. The number of hydrogen-bond donors (Lipinski definition) is 3. The summed E-state index contributed by atoms with van der Waals surface area (Å²) in [5.41, 5.74) is 0.190. The number of anilines is 1. The maximum absolute atomic E-state index is 12.9. The van der Waals surface area contributed by atoms with Gasteiger partial charge in [0.2, 0.25) is 0 Å². The third kappa shape index (κ3) is 2.58. The minimum Gasteiger partial charge on any atom is -0.383 e. The number of hydrogen-bond acceptors (Lipinski definition) is 3. The van der Waals surface area contributed by atoms with Crippen LogP contribution in [-0.4, -0.2) is 29.3 Å². The van der Waals surface area contributed by atoms with Crippen LogP contribution in [0.15, 0.2) is 18.3 Å². The minimum atomic E-state index is -4.36. The summed E-state index contributed by atoms with van der Waals surface area (Å²) in [6.45, 7) is 1.58. The first-order valence-electron chi connectivity index (χ1n) is 6.55. The Morgan fingerprint density at radius 1 is 1.35 bits per heavy atom. The van der Waals surface area contributed by atoms with Crippen molar-refractivity contribution in [2.24, 2.45) is 0 Å². The van der Waals surface area contributed by atoms with Gasteiger partial charge in [-0.1, -0.05) is 0 Å². The van der Waals surface area contributed by atoms with Gasteiger partial charge in [-0.25, -0.2) is 0 Å². The van der Waals surface area contributed by atoms with E-state index in [2.05, 4.69) is 20.8 Å². The molecule has 0 radical (unpaired) electrons. The van der Waals surface area contributed by atoms with Gasteiger partial charge in [0.25, 0.3) is 0 Å². The molecular formula is C13H15F3N4. The van der Waals surface area contributed by atoms with E-state index in [1.54, 1.807) is 6.20 Å². The minimum absolute atomic E-state index is 0.312. The molecule has 1 aliphatic rings. The number of nitrogens with one attached hydrogen (secondary N) is 3. The first kappa shape index (κ1) is 13.2. The van der Waals surface area contributed by atoms with Crippen LogP contribution in [0.1, 0.15) is 18.4 Å². The van der Waals surface area contributed by atoms with E-state index in [0.717, 1.165) is 31.5 Å².